The molecule has 0 aromatic carbocycles. The van der Waals surface area contributed by atoms with Crippen molar-refractivity contribution in [1.29, 1.82) is 5.26 Å². The largest absolute Gasteiger partial charge is 0.361 e. The fourth-order valence-corrected chi connectivity index (χ4v) is 2.90. The summed E-state index contributed by atoms with van der Waals surface area (Å²) in [5.41, 5.74) is 1.35. The van der Waals surface area contributed by atoms with Gasteiger partial charge in [-0.25, -0.2) is 4.98 Å². The molecule has 5 heteroatoms. The van der Waals surface area contributed by atoms with Gasteiger partial charge in [-0.05, 0) is 30.4 Å². The van der Waals surface area contributed by atoms with Gasteiger partial charge in [-0.3, -0.25) is 0 Å². The summed E-state index contributed by atoms with van der Waals surface area (Å²) < 4.78 is 0. The summed E-state index contributed by atoms with van der Waals surface area (Å²) in [6, 6.07) is 4.21. The van der Waals surface area contributed by atoms with E-state index >= 15 is 0 Å². The molecule has 0 aliphatic heterocycles. The summed E-state index contributed by atoms with van der Waals surface area (Å²) in [5.74, 6) is 0. The molecule has 0 aliphatic rings. The zero-order valence-corrected chi connectivity index (χ0v) is 10.5. The van der Waals surface area contributed by atoms with Crippen molar-refractivity contribution in [3.8, 4) is 6.07 Å². The molecule has 0 spiro atoms. The molecule has 0 saturated heterocycles. The Balaban J connectivity index is 1.85. The maximum absolute atomic E-state index is 8.66. The molecular weight excluding hydrogens is 238 g/mol. The Hall–Kier alpha value is -1.38. The van der Waals surface area contributed by atoms with Gasteiger partial charge in [0.1, 0.15) is 10.9 Å². The average Bonchev–Trinajstić information content (AvgIpc) is 2.89. The topological polar surface area (TPSA) is 48.7 Å². The zero-order valence-electron chi connectivity index (χ0n) is 8.86. The third-order valence-corrected chi connectivity index (χ3v) is 4.15. The standard InChI is InChI=1S/C11H11N3S2/c1-8-3-5-15-10(8)2-4-13-11-14-7-9(6-12)16-11/h3,5,7H,2,4H2,1H3,(H,13,14). The van der Waals surface area contributed by atoms with Gasteiger partial charge in [0.25, 0.3) is 0 Å². The first kappa shape index (κ1) is 11.1. The Morgan fingerprint density at radius 2 is 2.44 bits per heavy atom. The number of thiophene rings is 1. The zero-order chi connectivity index (χ0) is 11.4. The second-order valence-electron chi connectivity index (χ2n) is 3.35. The highest BCUT2D eigenvalue weighted by Gasteiger charge is 2.02. The lowest BCUT2D eigenvalue weighted by Crippen LogP contribution is -2.03. The molecule has 0 amide bonds. The van der Waals surface area contributed by atoms with Crippen LogP contribution in [-0.2, 0) is 6.42 Å². The molecule has 82 valence electrons. The van der Waals surface area contributed by atoms with Gasteiger partial charge in [0.05, 0.1) is 6.20 Å². The monoisotopic (exact) mass is 249 g/mol. The molecule has 0 atom stereocenters. The Morgan fingerprint density at radius 1 is 1.56 bits per heavy atom. The summed E-state index contributed by atoms with van der Waals surface area (Å²) >= 11 is 3.18. The van der Waals surface area contributed by atoms with Crippen LogP contribution in [-0.4, -0.2) is 11.5 Å². The molecule has 2 aromatic rings. The van der Waals surface area contributed by atoms with Crippen molar-refractivity contribution in [2.75, 3.05) is 11.9 Å². The molecule has 0 fully saturated rings. The van der Waals surface area contributed by atoms with Crippen molar-refractivity contribution >= 4 is 27.8 Å². The van der Waals surface area contributed by atoms with Crippen LogP contribution in [0.5, 0.6) is 0 Å². The molecule has 0 aliphatic carbocycles. The minimum atomic E-state index is 0.648. The van der Waals surface area contributed by atoms with Gasteiger partial charge in [0, 0.05) is 11.4 Å². The van der Waals surface area contributed by atoms with Gasteiger partial charge < -0.3 is 5.32 Å². The first-order valence-electron chi connectivity index (χ1n) is 4.92. The van der Waals surface area contributed by atoms with E-state index in [1.54, 1.807) is 17.5 Å². The normalized spacial score (nSPS) is 10.0. The van der Waals surface area contributed by atoms with E-state index in [1.165, 1.54) is 21.8 Å². The van der Waals surface area contributed by atoms with Crippen LogP contribution in [0.15, 0.2) is 17.6 Å². The first-order valence-corrected chi connectivity index (χ1v) is 6.62. The number of hydrogen-bond donors (Lipinski definition) is 1. The molecular formula is C11H11N3S2. The van der Waals surface area contributed by atoms with Crippen LogP contribution in [0.2, 0.25) is 0 Å². The first-order chi connectivity index (χ1) is 7.79. The number of anilines is 1. The second-order valence-corrected chi connectivity index (χ2v) is 5.38. The average molecular weight is 249 g/mol. The highest BCUT2D eigenvalue weighted by atomic mass is 32.1. The van der Waals surface area contributed by atoms with E-state index < -0.39 is 0 Å². The van der Waals surface area contributed by atoms with Crippen LogP contribution in [0.25, 0.3) is 0 Å². The summed E-state index contributed by atoms with van der Waals surface area (Å²) in [5, 5.41) is 14.8. The van der Waals surface area contributed by atoms with Crippen molar-refractivity contribution in [2.45, 2.75) is 13.3 Å². The van der Waals surface area contributed by atoms with Gasteiger partial charge in [-0.2, -0.15) is 5.26 Å². The van der Waals surface area contributed by atoms with Crippen molar-refractivity contribution in [3.05, 3.63) is 33.0 Å². The van der Waals surface area contributed by atoms with Crippen LogP contribution in [0.3, 0.4) is 0 Å². The molecule has 0 radical (unpaired) electrons. The number of nitrogens with one attached hydrogen (secondary N) is 1. The van der Waals surface area contributed by atoms with E-state index in [0.717, 1.165) is 18.1 Å². The highest BCUT2D eigenvalue weighted by molar-refractivity contribution is 7.16. The van der Waals surface area contributed by atoms with E-state index in [-0.39, 0.29) is 0 Å². The van der Waals surface area contributed by atoms with Crippen LogP contribution in [0.1, 0.15) is 15.3 Å². The maximum atomic E-state index is 8.66. The Kier molecular flexibility index (Phi) is 3.54. The lowest BCUT2D eigenvalue weighted by Gasteiger charge is -2.01. The molecule has 1 N–H and O–H groups in total. The van der Waals surface area contributed by atoms with E-state index in [9.17, 15) is 0 Å². The number of nitriles is 1. The quantitative estimate of drug-likeness (QED) is 0.906. The molecule has 3 nitrogen and oxygen atoms in total. The summed E-state index contributed by atoms with van der Waals surface area (Å²) in [6.45, 7) is 2.99. The molecule has 2 aromatic heterocycles. The third kappa shape index (κ3) is 2.60. The van der Waals surface area contributed by atoms with Crippen molar-refractivity contribution < 1.29 is 0 Å². The molecule has 2 heterocycles. The molecule has 16 heavy (non-hydrogen) atoms. The van der Waals surface area contributed by atoms with E-state index in [4.69, 9.17) is 5.26 Å². The Labute approximate surface area is 102 Å². The Morgan fingerprint density at radius 3 is 3.06 bits per heavy atom. The fourth-order valence-electron chi connectivity index (χ4n) is 1.35. The molecule has 0 saturated carbocycles. The van der Waals surface area contributed by atoms with Crippen molar-refractivity contribution in [3.63, 3.8) is 0 Å². The van der Waals surface area contributed by atoms with Crippen LogP contribution in [0.4, 0.5) is 5.13 Å². The van der Waals surface area contributed by atoms with Gasteiger partial charge in [-0.15, -0.1) is 11.3 Å². The van der Waals surface area contributed by atoms with Crippen LogP contribution in [0, 0.1) is 18.3 Å². The van der Waals surface area contributed by atoms with E-state index in [1.807, 2.05) is 0 Å². The third-order valence-electron chi connectivity index (χ3n) is 2.21. The molecule has 0 unspecified atom stereocenters. The number of aryl methyl sites for hydroxylation is 1. The van der Waals surface area contributed by atoms with E-state index in [0.29, 0.717) is 4.88 Å². The van der Waals surface area contributed by atoms with Gasteiger partial charge in [0.15, 0.2) is 5.13 Å². The van der Waals surface area contributed by atoms with Crippen molar-refractivity contribution in [1.82, 2.24) is 4.98 Å². The van der Waals surface area contributed by atoms with Gasteiger partial charge in [-0.1, -0.05) is 11.3 Å². The number of rotatable bonds is 4. The van der Waals surface area contributed by atoms with Gasteiger partial charge >= 0.3 is 0 Å². The fraction of sp³-hybridized carbons (Fsp3) is 0.273. The number of thiazole rings is 1. The maximum Gasteiger partial charge on any atom is 0.183 e. The summed E-state index contributed by atoms with van der Waals surface area (Å²) in [6.07, 6.45) is 2.61. The lowest BCUT2D eigenvalue weighted by atomic mass is 10.2. The smallest absolute Gasteiger partial charge is 0.183 e. The summed E-state index contributed by atoms with van der Waals surface area (Å²) in [7, 11) is 0. The highest BCUT2D eigenvalue weighted by Crippen LogP contribution is 2.18. The second kappa shape index (κ2) is 5.10. The van der Waals surface area contributed by atoms with Gasteiger partial charge in [0.2, 0.25) is 0 Å². The van der Waals surface area contributed by atoms with Crippen molar-refractivity contribution in [2.24, 2.45) is 0 Å². The lowest BCUT2D eigenvalue weighted by molar-refractivity contribution is 1.03. The minimum Gasteiger partial charge on any atom is -0.361 e. The van der Waals surface area contributed by atoms with E-state index in [2.05, 4.69) is 34.7 Å². The predicted octanol–water partition coefficient (Wildman–Crippen LogP) is 3.04. The van der Waals surface area contributed by atoms with Crippen LogP contribution < -0.4 is 5.32 Å². The predicted molar refractivity (Wildman–Crippen MR) is 68.1 cm³/mol. The molecule has 0 bridgehead atoms. The Bertz CT molecular complexity index is 507. The SMILES string of the molecule is Cc1ccsc1CCNc1ncc(C#N)s1. The summed E-state index contributed by atoms with van der Waals surface area (Å²) in [4.78, 5) is 6.17. The molecule has 2 rings (SSSR count). The number of aromatic nitrogens is 1. The minimum absolute atomic E-state index is 0.648. The van der Waals surface area contributed by atoms with Crippen LogP contribution >= 0.6 is 22.7 Å². The number of hydrogen-bond acceptors (Lipinski definition) is 5. The number of nitrogens with zero attached hydrogens (tertiary/aromatic N) is 2.